The van der Waals surface area contributed by atoms with Crippen molar-refractivity contribution in [3.05, 3.63) is 40.4 Å². The van der Waals surface area contributed by atoms with E-state index in [0.717, 1.165) is 18.0 Å². The lowest BCUT2D eigenvalue weighted by Crippen LogP contribution is -2.23. The maximum atomic E-state index is 6.19. The quantitative estimate of drug-likeness (QED) is 0.688. The van der Waals surface area contributed by atoms with Gasteiger partial charge in [0.2, 0.25) is 0 Å². The molecule has 1 aliphatic rings. The normalized spacial score (nSPS) is 19.2. The fraction of sp³-hybridized carbons (Fsp3) is 0.579. The highest BCUT2D eigenvalue weighted by Crippen LogP contribution is 2.30. The molecular formula is C19H28ClN. The molecule has 1 aromatic carbocycles. The summed E-state index contributed by atoms with van der Waals surface area (Å²) in [6.45, 7) is 12.6. The highest BCUT2D eigenvalue weighted by molar-refractivity contribution is 6.30. The highest BCUT2D eigenvalue weighted by atomic mass is 35.5. The number of hydrogen-bond donors (Lipinski definition) is 0. The zero-order valence-corrected chi connectivity index (χ0v) is 14.6. The van der Waals surface area contributed by atoms with Gasteiger partial charge in [0, 0.05) is 18.1 Å². The molecule has 1 nitrogen and oxygen atoms in total. The fourth-order valence-corrected chi connectivity index (χ4v) is 3.35. The molecule has 1 saturated heterocycles. The lowest BCUT2D eigenvalue weighted by molar-refractivity contribution is 0.314. The summed E-state index contributed by atoms with van der Waals surface area (Å²) >= 11 is 6.19. The molecule has 1 heterocycles. The number of aryl methyl sites for hydroxylation is 1. The second-order valence-electron chi connectivity index (χ2n) is 7.09. The minimum absolute atomic E-state index is 0.477. The van der Waals surface area contributed by atoms with Crippen molar-refractivity contribution in [2.24, 2.45) is 5.41 Å². The third-order valence-electron chi connectivity index (χ3n) is 4.42. The molecule has 116 valence electrons. The average Bonchev–Trinajstić information content (AvgIpc) is 2.77. The lowest BCUT2D eigenvalue weighted by Gasteiger charge is -2.19. The van der Waals surface area contributed by atoms with Crippen LogP contribution in [-0.2, 0) is 0 Å². The minimum Gasteiger partial charge on any atom is -0.299 e. The zero-order chi connectivity index (χ0) is 15.5. The molecule has 0 N–H and O–H groups in total. The van der Waals surface area contributed by atoms with Crippen LogP contribution >= 0.6 is 11.6 Å². The lowest BCUT2D eigenvalue weighted by atomic mass is 9.93. The fourth-order valence-electron chi connectivity index (χ4n) is 3.18. The monoisotopic (exact) mass is 305 g/mol. The molecule has 21 heavy (non-hydrogen) atoms. The predicted octanol–water partition coefficient (Wildman–Crippen LogP) is 5.56. The molecule has 0 bridgehead atoms. The van der Waals surface area contributed by atoms with Crippen LogP contribution in [0.25, 0.3) is 5.57 Å². The molecular weight excluding hydrogens is 278 g/mol. The van der Waals surface area contributed by atoms with E-state index in [0.29, 0.717) is 5.41 Å². The van der Waals surface area contributed by atoms with Crippen LogP contribution < -0.4 is 0 Å². The van der Waals surface area contributed by atoms with Crippen LogP contribution in [0.3, 0.4) is 0 Å². The van der Waals surface area contributed by atoms with E-state index in [1.807, 2.05) is 6.07 Å². The van der Waals surface area contributed by atoms with E-state index in [1.165, 1.54) is 42.6 Å². The van der Waals surface area contributed by atoms with Gasteiger partial charge in [-0.1, -0.05) is 50.9 Å². The van der Waals surface area contributed by atoms with Gasteiger partial charge in [-0.2, -0.15) is 0 Å². The Hall–Kier alpha value is -0.790. The maximum Gasteiger partial charge on any atom is 0.0412 e. The van der Waals surface area contributed by atoms with Crippen molar-refractivity contribution in [1.82, 2.24) is 4.90 Å². The highest BCUT2D eigenvalue weighted by Gasteiger charge is 2.28. The molecule has 0 radical (unpaired) electrons. The molecule has 0 atom stereocenters. The van der Waals surface area contributed by atoms with Gasteiger partial charge in [0.25, 0.3) is 0 Å². The van der Waals surface area contributed by atoms with Gasteiger partial charge >= 0.3 is 0 Å². The smallest absolute Gasteiger partial charge is 0.0412 e. The second kappa shape index (κ2) is 6.98. The molecule has 2 rings (SSSR count). The Balaban J connectivity index is 2.15. The van der Waals surface area contributed by atoms with E-state index in [2.05, 4.69) is 50.8 Å². The standard InChI is InChI=1S/C19H28ClN/c1-5-6-16(18-13-17(20)8-7-15(18)2)9-11-21-12-10-19(3,4)14-21/h7-9,13H,5-6,10-12,14H2,1-4H3/b16-9-. The van der Waals surface area contributed by atoms with Gasteiger partial charge in [0.05, 0.1) is 0 Å². The second-order valence-corrected chi connectivity index (χ2v) is 7.52. The third kappa shape index (κ3) is 4.59. The summed E-state index contributed by atoms with van der Waals surface area (Å²) in [4.78, 5) is 2.57. The minimum atomic E-state index is 0.477. The Morgan fingerprint density at radius 1 is 1.38 bits per heavy atom. The van der Waals surface area contributed by atoms with E-state index in [1.54, 1.807) is 0 Å². The van der Waals surface area contributed by atoms with Crippen molar-refractivity contribution >= 4 is 17.2 Å². The number of hydrogen-bond acceptors (Lipinski definition) is 1. The van der Waals surface area contributed by atoms with Crippen LogP contribution in [0.5, 0.6) is 0 Å². The molecule has 0 amide bonds. The number of likely N-dealkylation sites (tertiary alicyclic amines) is 1. The predicted molar refractivity (Wildman–Crippen MR) is 93.9 cm³/mol. The third-order valence-corrected chi connectivity index (χ3v) is 4.65. The number of allylic oxidation sites excluding steroid dienone is 1. The number of halogens is 1. The van der Waals surface area contributed by atoms with Crippen molar-refractivity contribution in [3.63, 3.8) is 0 Å². The summed E-state index contributed by atoms with van der Waals surface area (Å²) in [6, 6.07) is 6.22. The molecule has 0 saturated carbocycles. The van der Waals surface area contributed by atoms with E-state index in [9.17, 15) is 0 Å². The molecule has 1 fully saturated rings. The van der Waals surface area contributed by atoms with Crippen molar-refractivity contribution in [2.45, 2.75) is 47.0 Å². The van der Waals surface area contributed by atoms with Crippen LogP contribution in [0.4, 0.5) is 0 Å². The summed E-state index contributed by atoms with van der Waals surface area (Å²) in [7, 11) is 0. The van der Waals surface area contributed by atoms with Gasteiger partial charge in [-0.25, -0.2) is 0 Å². The summed E-state index contributed by atoms with van der Waals surface area (Å²) in [5, 5.41) is 0.833. The first-order valence-corrected chi connectivity index (χ1v) is 8.47. The van der Waals surface area contributed by atoms with Gasteiger partial charge in [-0.3, -0.25) is 4.90 Å². The molecule has 0 unspecified atom stereocenters. The summed E-state index contributed by atoms with van der Waals surface area (Å²) < 4.78 is 0. The van der Waals surface area contributed by atoms with E-state index >= 15 is 0 Å². The Labute approximate surface area is 135 Å². The molecule has 0 aliphatic carbocycles. The summed E-state index contributed by atoms with van der Waals surface area (Å²) in [5.74, 6) is 0. The van der Waals surface area contributed by atoms with Crippen molar-refractivity contribution in [2.75, 3.05) is 19.6 Å². The van der Waals surface area contributed by atoms with Crippen LogP contribution in [-0.4, -0.2) is 24.5 Å². The Bertz CT molecular complexity index is 516. The van der Waals surface area contributed by atoms with Crippen LogP contribution in [0.1, 0.15) is 51.2 Å². The van der Waals surface area contributed by atoms with Gasteiger partial charge in [-0.05, 0) is 60.6 Å². The first-order chi connectivity index (χ1) is 9.91. The van der Waals surface area contributed by atoms with E-state index < -0.39 is 0 Å². The first-order valence-electron chi connectivity index (χ1n) is 8.09. The summed E-state index contributed by atoms with van der Waals surface area (Å²) in [6.07, 6.45) is 6.02. The molecule has 0 spiro atoms. The Morgan fingerprint density at radius 3 is 2.76 bits per heavy atom. The van der Waals surface area contributed by atoms with Crippen LogP contribution in [0.15, 0.2) is 24.3 Å². The SMILES string of the molecule is CCC/C(=C/CN1CCC(C)(C)C1)c1cc(Cl)ccc1C. The van der Waals surface area contributed by atoms with Gasteiger partial charge in [0.1, 0.15) is 0 Å². The Kier molecular flexibility index (Phi) is 5.51. The molecule has 0 aromatic heterocycles. The zero-order valence-electron chi connectivity index (χ0n) is 13.9. The van der Waals surface area contributed by atoms with Gasteiger partial charge < -0.3 is 0 Å². The molecule has 1 aromatic rings. The Morgan fingerprint density at radius 2 is 2.14 bits per heavy atom. The maximum absolute atomic E-state index is 6.19. The van der Waals surface area contributed by atoms with Crippen LogP contribution in [0, 0.1) is 12.3 Å². The van der Waals surface area contributed by atoms with Crippen molar-refractivity contribution in [3.8, 4) is 0 Å². The summed E-state index contributed by atoms with van der Waals surface area (Å²) in [5.41, 5.74) is 4.57. The first kappa shape index (κ1) is 16.6. The van der Waals surface area contributed by atoms with E-state index in [4.69, 9.17) is 11.6 Å². The van der Waals surface area contributed by atoms with Crippen molar-refractivity contribution in [1.29, 1.82) is 0 Å². The van der Waals surface area contributed by atoms with Gasteiger partial charge in [0.15, 0.2) is 0 Å². The number of nitrogens with zero attached hydrogens (tertiary/aromatic N) is 1. The number of rotatable bonds is 5. The number of benzene rings is 1. The molecule has 1 aliphatic heterocycles. The average molecular weight is 306 g/mol. The largest absolute Gasteiger partial charge is 0.299 e. The van der Waals surface area contributed by atoms with Gasteiger partial charge in [-0.15, -0.1) is 0 Å². The molecule has 2 heteroatoms. The van der Waals surface area contributed by atoms with Crippen LogP contribution in [0.2, 0.25) is 5.02 Å². The van der Waals surface area contributed by atoms with Crippen molar-refractivity contribution < 1.29 is 0 Å². The van der Waals surface area contributed by atoms with E-state index in [-0.39, 0.29) is 0 Å². The topological polar surface area (TPSA) is 3.24 Å².